The monoisotopic (exact) mass is 712 g/mol. The second-order valence-electron chi connectivity index (χ2n) is 13.5. The summed E-state index contributed by atoms with van der Waals surface area (Å²) < 4.78 is 23.8. The van der Waals surface area contributed by atoms with Crippen molar-refractivity contribution >= 4 is 41.7 Å². The lowest BCUT2D eigenvalue weighted by atomic mass is 9.68. The number of carboxylic acids is 1. The number of nitrogens with one attached hydrogen (secondary N) is 4. The van der Waals surface area contributed by atoms with Crippen LogP contribution in [0.5, 0.6) is 0 Å². The van der Waals surface area contributed by atoms with Crippen molar-refractivity contribution in [1.29, 1.82) is 0 Å². The molecule has 5 amide bonds. The van der Waals surface area contributed by atoms with Gasteiger partial charge in [-0.3, -0.25) is 29.0 Å². The molecule has 19 heteroatoms. The van der Waals surface area contributed by atoms with Crippen LogP contribution in [0.15, 0.2) is 4.99 Å². The molecule has 2 saturated heterocycles. The molecule has 0 aromatic carbocycles. The fourth-order valence-corrected chi connectivity index (χ4v) is 6.56. The number of epoxide rings is 2. The molecule has 1 aliphatic carbocycles. The normalized spacial score (nSPS) is 27.7. The van der Waals surface area contributed by atoms with Gasteiger partial charge in [-0.15, -0.1) is 0 Å². The van der Waals surface area contributed by atoms with Gasteiger partial charge in [0.25, 0.3) is 0 Å². The van der Waals surface area contributed by atoms with Gasteiger partial charge in [-0.05, 0) is 51.4 Å². The zero-order valence-electron chi connectivity index (χ0n) is 29.0. The van der Waals surface area contributed by atoms with Crippen LogP contribution in [0.3, 0.4) is 0 Å². The fraction of sp³-hybridized carbons (Fsp3) is 0.774. The number of hydrogen-bond donors (Lipinski definition) is 8. The highest BCUT2D eigenvalue weighted by molar-refractivity contribution is 5.93. The first-order valence-electron chi connectivity index (χ1n) is 16.7. The molecule has 2 aliphatic heterocycles. The topological polar surface area (TPSA) is 305 Å². The van der Waals surface area contributed by atoms with Crippen molar-refractivity contribution < 1.29 is 52.8 Å². The Kier molecular flexibility index (Phi) is 14.2. The van der Waals surface area contributed by atoms with Gasteiger partial charge < -0.3 is 62.5 Å². The number of aliphatic imine (C=N–C) groups is 1. The van der Waals surface area contributed by atoms with Crippen molar-refractivity contribution in [2.45, 2.75) is 107 Å². The average molecular weight is 713 g/mol. The summed E-state index contributed by atoms with van der Waals surface area (Å²) in [4.78, 5) is 77.1. The summed E-state index contributed by atoms with van der Waals surface area (Å²) in [5.41, 5.74) is 14.9. The highest BCUT2D eigenvalue weighted by Crippen LogP contribution is 2.59. The number of carbonyl (C=O) groups is 6. The number of nitrogens with zero attached hydrogens (tertiary/aromatic N) is 1. The predicted octanol–water partition coefficient (Wildman–Crippen LogP) is -2.03. The van der Waals surface area contributed by atoms with Crippen molar-refractivity contribution in [2.24, 2.45) is 34.0 Å². The Morgan fingerprint density at radius 1 is 1.00 bits per heavy atom. The summed E-state index contributed by atoms with van der Waals surface area (Å²) >= 11 is 0. The van der Waals surface area contributed by atoms with Crippen LogP contribution in [0.25, 0.3) is 0 Å². The maximum atomic E-state index is 12.9. The number of nitrogens with two attached hydrogens (primary N) is 3. The molecule has 0 radical (unpaired) electrons. The number of amides is 5. The van der Waals surface area contributed by atoms with Gasteiger partial charge in [0.1, 0.15) is 42.0 Å². The Bertz CT molecular complexity index is 1290. The molecule has 8 atom stereocenters. The van der Waals surface area contributed by atoms with E-state index in [1.807, 2.05) is 0 Å². The zero-order chi connectivity index (χ0) is 37.2. The fourth-order valence-electron chi connectivity index (χ4n) is 6.56. The molecular formula is C31H52N8O11. The van der Waals surface area contributed by atoms with Crippen LogP contribution < -0.4 is 38.5 Å². The number of hydrogen-bond acceptors (Lipinski definition) is 11. The summed E-state index contributed by atoms with van der Waals surface area (Å²) in [5, 5.41) is 18.3. The Morgan fingerprint density at radius 3 is 2.20 bits per heavy atom. The van der Waals surface area contributed by atoms with E-state index in [1.54, 1.807) is 7.11 Å². The highest BCUT2D eigenvalue weighted by Gasteiger charge is 2.72. The lowest BCUT2D eigenvalue weighted by Crippen LogP contribution is -2.56. The van der Waals surface area contributed by atoms with Crippen LogP contribution in [0.4, 0.5) is 4.79 Å². The van der Waals surface area contributed by atoms with Crippen LogP contribution >= 0.6 is 0 Å². The highest BCUT2D eigenvalue weighted by atomic mass is 16.6. The van der Waals surface area contributed by atoms with Crippen LogP contribution in [-0.4, -0.2) is 122 Å². The molecule has 0 aromatic heterocycles. The van der Waals surface area contributed by atoms with E-state index in [4.69, 9.17) is 41.3 Å². The van der Waals surface area contributed by atoms with Crippen LogP contribution in [0.2, 0.25) is 0 Å². The van der Waals surface area contributed by atoms with Gasteiger partial charge in [-0.2, -0.15) is 0 Å². The van der Waals surface area contributed by atoms with Gasteiger partial charge in [-0.25, -0.2) is 4.79 Å². The molecule has 2 heterocycles. The summed E-state index contributed by atoms with van der Waals surface area (Å²) in [7, 11) is 1.56. The molecule has 3 fully saturated rings. The lowest BCUT2D eigenvalue weighted by molar-refractivity contribution is -0.140. The van der Waals surface area contributed by atoms with Crippen molar-refractivity contribution in [2.75, 3.05) is 33.4 Å². The first-order chi connectivity index (χ1) is 23.5. The third kappa shape index (κ3) is 11.4. The molecule has 0 bridgehead atoms. The van der Waals surface area contributed by atoms with Crippen LogP contribution in [0.1, 0.15) is 65.7 Å². The summed E-state index contributed by atoms with van der Waals surface area (Å²) in [6.07, 6.45) is 0.692. The summed E-state index contributed by atoms with van der Waals surface area (Å²) in [5.74, 6) is -4.61. The number of rotatable bonds is 20. The van der Waals surface area contributed by atoms with Gasteiger partial charge in [0, 0.05) is 13.7 Å². The molecule has 0 aromatic rings. The first kappa shape index (κ1) is 40.2. The average Bonchev–Trinajstić information content (AvgIpc) is 3.95. The minimum absolute atomic E-state index is 0.0468. The second-order valence-corrected chi connectivity index (χ2v) is 13.5. The van der Waals surface area contributed by atoms with E-state index in [0.29, 0.717) is 25.4 Å². The summed E-state index contributed by atoms with van der Waals surface area (Å²) in [6, 6.07) is -2.67. The van der Waals surface area contributed by atoms with Gasteiger partial charge in [0.05, 0.1) is 31.6 Å². The standard InChI is InChI=1S/C31H52N8O11/c1-16(2)7-8-20-30(3,50-20)25-24(47-4)19(9-10-31(25)15-48-31)49-29(46)37-14-22(41)38-17(6-5-11-35-28(33)34)27(45)36-13-21(40)39-18(26(32)44)12-23(42)43/h16-20,24-25H,5-15H2,1-4H3,(H2,32,44)(H,36,45)(H,37,46)(H,38,41)(H,39,40)(H,42,43)(H4,33,34,35). The minimum atomic E-state index is -1.49. The minimum Gasteiger partial charge on any atom is -0.481 e. The van der Waals surface area contributed by atoms with E-state index in [1.165, 1.54) is 0 Å². The maximum absolute atomic E-state index is 12.9. The zero-order valence-corrected chi connectivity index (χ0v) is 29.0. The van der Waals surface area contributed by atoms with Crippen LogP contribution in [-0.2, 0) is 42.9 Å². The number of ether oxygens (including phenoxy) is 4. The van der Waals surface area contributed by atoms with Gasteiger partial charge in [0.15, 0.2) is 5.96 Å². The number of carbonyl (C=O) groups excluding carboxylic acids is 5. The third-order valence-electron chi connectivity index (χ3n) is 9.23. The van der Waals surface area contributed by atoms with Gasteiger partial charge in [-0.1, -0.05) is 13.8 Å². The largest absolute Gasteiger partial charge is 0.481 e. The quantitative estimate of drug-likeness (QED) is 0.0293. The molecule has 3 aliphatic rings. The summed E-state index contributed by atoms with van der Waals surface area (Å²) in [6.45, 7) is 5.91. The molecule has 50 heavy (non-hydrogen) atoms. The van der Waals surface area contributed by atoms with Crippen LogP contribution in [0, 0.1) is 11.8 Å². The van der Waals surface area contributed by atoms with E-state index >= 15 is 0 Å². The molecular weight excluding hydrogens is 660 g/mol. The Hall–Kier alpha value is -4.23. The molecule has 11 N–H and O–H groups in total. The SMILES string of the molecule is COC1C(OC(=O)NCC(=O)NC(CCCN=C(N)N)C(=O)NCC(=O)NC(CC(=O)O)C(N)=O)CCC2(CO2)C1C1(C)OC1CCC(C)C. The maximum Gasteiger partial charge on any atom is 0.407 e. The number of carboxylic acid groups (broad SMARTS) is 1. The van der Waals surface area contributed by atoms with Crippen molar-refractivity contribution in [1.82, 2.24) is 21.3 Å². The predicted molar refractivity (Wildman–Crippen MR) is 176 cm³/mol. The smallest absolute Gasteiger partial charge is 0.407 e. The van der Waals surface area contributed by atoms with Crippen molar-refractivity contribution in [3.05, 3.63) is 0 Å². The molecule has 1 saturated carbocycles. The number of primary amides is 1. The third-order valence-corrected chi connectivity index (χ3v) is 9.23. The van der Waals surface area contributed by atoms with E-state index in [9.17, 15) is 28.8 Å². The van der Waals surface area contributed by atoms with Crippen molar-refractivity contribution in [3.8, 4) is 0 Å². The van der Waals surface area contributed by atoms with Crippen molar-refractivity contribution in [3.63, 3.8) is 0 Å². The van der Waals surface area contributed by atoms with E-state index in [2.05, 4.69) is 47.0 Å². The first-order valence-corrected chi connectivity index (χ1v) is 16.7. The number of methoxy groups -OCH3 is 1. The second kappa shape index (κ2) is 17.6. The number of alkyl carbamates (subject to hydrolysis) is 1. The lowest BCUT2D eigenvalue weighted by Gasteiger charge is -2.42. The van der Waals surface area contributed by atoms with Gasteiger partial charge in [0.2, 0.25) is 23.6 Å². The Balaban J connectivity index is 1.54. The molecule has 3 rings (SSSR count). The van der Waals surface area contributed by atoms with E-state index in [0.717, 1.165) is 12.8 Å². The molecule has 19 nitrogen and oxygen atoms in total. The Morgan fingerprint density at radius 2 is 1.64 bits per heavy atom. The number of aliphatic carboxylic acids is 1. The van der Waals surface area contributed by atoms with Gasteiger partial charge >= 0.3 is 12.1 Å². The van der Waals surface area contributed by atoms with E-state index < -0.39 is 90.7 Å². The molecule has 8 unspecified atom stereocenters. The molecule has 1 spiro atoms. The number of guanidine groups is 1. The Labute approximate surface area is 290 Å². The molecule has 282 valence electrons. The van der Waals surface area contributed by atoms with E-state index in [-0.39, 0.29) is 37.4 Å².